The van der Waals surface area contributed by atoms with Crippen molar-refractivity contribution < 1.29 is 65.3 Å². The van der Waals surface area contributed by atoms with Crippen molar-refractivity contribution in [2.24, 2.45) is 5.73 Å². The van der Waals surface area contributed by atoms with Crippen LogP contribution in [0.4, 0.5) is 0 Å². The first-order valence-corrected chi connectivity index (χ1v) is 8.23. The molecule has 28 heavy (non-hydrogen) atoms. The summed E-state index contributed by atoms with van der Waals surface area (Å²) in [5, 5.41) is 96.0. The van der Waals surface area contributed by atoms with E-state index in [1.54, 1.807) is 0 Å². The number of hydrogen-bond acceptors (Lipinski definition) is 13. The van der Waals surface area contributed by atoms with Crippen LogP contribution in [0.5, 0.6) is 0 Å². The van der Waals surface area contributed by atoms with Gasteiger partial charge in [0.05, 0.1) is 32.0 Å². The molecule has 12 N–H and O–H groups in total. The summed E-state index contributed by atoms with van der Waals surface area (Å²) in [5.74, 6) is -5.13. The molecule has 1 rings (SSSR count). The van der Waals surface area contributed by atoms with Gasteiger partial charge in [0, 0.05) is 0 Å². The van der Waals surface area contributed by atoms with E-state index in [9.17, 15) is 45.6 Å². The van der Waals surface area contributed by atoms with E-state index < -0.39 is 86.5 Å². The molecule has 0 amide bonds. The topological polar surface area (TPSA) is 264 Å². The monoisotopic (exact) mass is 417 g/mol. The van der Waals surface area contributed by atoms with Crippen LogP contribution < -0.4 is 5.73 Å². The van der Waals surface area contributed by atoms with Crippen LogP contribution in [-0.2, 0) is 14.3 Å². The molecule has 14 nitrogen and oxygen atoms in total. The quantitative estimate of drug-likeness (QED) is 0.158. The highest BCUT2D eigenvalue weighted by atomic mass is 16.7. The second-order valence-electron chi connectivity index (χ2n) is 6.44. The minimum absolute atomic E-state index is 0.739. The molecule has 0 saturated carbocycles. The number of aliphatic hydroxyl groups is 9. The van der Waals surface area contributed by atoms with Crippen LogP contribution in [0.15, 0.2) is 0 Å². The van der Waals surface area contributed by atoms with Gasteiger partial charge >= 0.3 is 5.97 Å². The Kier molecular flexibility index (Phi) is 9.07. The third-order valence-electron chi connectivity index (χ3n) is 4.44. The fourth-order valence-electron chi connectivity index (χ4n) is 2.61. The highest BCUT2D eigenvalue weighted by molar-refractivity contribution is 5.77. The summed E-state index contributed by atoms with van der Waals surface area (Å²) in [6.07, 6.45) is -16.1. The summed E-state index contributed by atoms with van der Waals surface area (Å²) in [7, 11) is 0. The van der Waals surface area contributed by atoms with Gasteiger partial charge < -0.3 is 66.3 Å². The van der Waals surface area contributed by atoms with Crippen LogP contribution in [0.1, 0.15) is 0 Å². The molecule has 0 aromatic heterocycles. The van der Waals surface area contributed by atoms with Crippen LogP contribution in [-0.4, -0.2) is 138 Å². The maximum absolute atomic E-state index is 11.7. The first-order chi connectivity index (χ1) is 12.9. The average Bonchev–Trinajstić information content (AvgIpc) is 2.68. The van der Waals surface area contributed by atoms with Crippen molar-refractivity contribution in [3.63, 3.8) is 0 Å². The van der Waals surface area contributed by atoms with Crippen molar-refractivity contribution in [3.8, 4) is 0 Å². The summed E-state index contributed by atoms with van der Waals surface area (Å²) in [6, 6.07) is -1.34. The first-order valence-electron chi connectivity index (χ1n) is 8.23. The van der Waals surface area contributed by atoms with E-state index >= 15 is 0 Å². The number of nitrogens with two attached hydrogens (primary N) is 1. The smallest absolute Gasteiger partial charge is 0.367 e. The third kappa shape index (κ3) is 4.93. The van der Waals surface area contributed by atoms with Crippen LogP contribution >= 0.6 is 0 Å². The number of carboxylic acid groups (broad SMARTS) is 1. The standard InChI is InChI=1S/C14H27NO13/c15-4(1-16)7(20)8(21)6(19)3-27-14(13(25)26)12(24)10(23)9(22)11(28-14)5(18)2-17/h4-12,16-24H,1-3,15H2,(H,25,26)/t4-,5+,6+,7+,8+,9+,10-,11+,12-,14+/m0/s1. The summed E-state index contributed by atoms with van der Waals surface area (Å²) < 4.78 is 9.81. The zero-order valence-corrected chi connectivity index (χ0v) is 14.6. The SMILES string of the molecule is N[C@@H](CO)[C@@H](O)[C@H](O)[C@H](O)CO[C@@]1(C(=O)O)O[C@H]([C@H](O)CO)[C@H](O)[C@H](O)[C@@H]1O. The molecule has 1 heterocycles. The lowest BCUT2D eigenvalue weighted by molar-refractivity contribution is -0.363. The van der Waals surface area contributed by atoms with Crippen molar-refractivity contribution in [2.75, 3.05) is 19.8 Å². The third-order valence-corrected chi connectivity index (χ3v) is 4.44. The molecule has 0 unspecified atom stereocenters. The lowest BCUT2D eigenvalue weighted by Gasteiger charge is -2.47. The molecular weight excluding hydrogens is 390 g/mol. The molecule has 14 heteroatoms. The number of aliphatic carboxylic acids is 1. The van der Waals surface area contributed by atoms with E-state index in [0.717, 1.165) is 0 Å². The van der Waals surface area contributed by atoms with E-state index in [2.05, 4.69) is 0 Å². The Balaban J connectivity index is 3.02. The molecule has 0 spiro atoms. The highest BCUT2D eigenvalue weighted by Crippen LogP contribution is 2.33. The lowest BCUT2D eigenvalue weighted by atomic mass is 9.90. The molecule has 1 saturated heterocycles. The second kappa shape index (κ2) is 10.1. The highest BCUT2D eigenvalue weighted by Gasteiger charge is 2.61. The first kappa shape index (κ1) is 25.0. The van der Waals surface area contributed by atoms with Crippen molar-refractivity contribution in [1.29, 1.82) is 0 Å². The Bertz CT molecular complexity index is 510. The molecule has 10 atom stereocenters. The van der Waals surface area contributed by atoms with Crippen LogP contribution in [0.3, 0.4) is 0 Å². The second-order valence-corrected chi connectivity index (χ2v) is 6.44. The van der Waals surface area contributed by atoms with E-state index in [4.69, 9.17) is 25.4 Å². The Morgan fingerprint density at radius 1 is 1.04 bits per heavy atom. The number of carboxylic acids is 1. The Morgan fingerprint density at radius 2 is 1.61 bits per heavy atom. The van der Waals surface area contributed by atoms with Gasteiger partial charge in [0.15, 0.2) is 0 Å². The fourth-order valence-corrected chi connectivity index (χ4v) is 2.61. The molecule has 1 fully saturated rings. The van der Waals surface area contributed by atoms with Crippen LogP contribution in [0, 0.1) is 0 Å². The predicted molar refractivity (Wildman–Crippen MR) is 85.4 cm³/mol. The van der Waals surface area contributed by atoms with Crippen molar-refractivity contribution in [2.45, 2.75) is 60.7 Å². The van der Waals surface area contributed by atoms with E-state index in [1.165, 1.54) is 0 Å². The van der Waals surface area contributed by atoms with Gasteiger partial charge in [0.1, 0.15) is 42.7 Å². The number of hydrogen-bond donors (Lipinski definition) is 11. The molecule has 0 aromatic carbocycles. The molecule has 0 aliphatic carbocycles. The molecule has 1 aliphatic heterocycles. The minimum atomic E-state index is -3.11. The molecule has 1 aliphatic rings. The van der Waals surface area contributed by atoms with Gasteiger partial charge in [-0.1, -0.05) is 0 Å². The van der Waals surface area contributed by atoms with Gasteiger partial charge in [0.2, 0.25) is 0 Å². The van der Waals surface area contributed by atoms with Gasteiger partial charge in [-0.15, -0.1) is 0 Å². The van der Waals surface area contributed by atoms with E-state index in [1.807, 2.05) is 0 Å². The van der Waals surface area contributed by atoms with Crippen LogP contribution in [0.25, 0.3) is 0 Å². The molecule has 166 valence electrons. The van der Waals surface area contributed by atoms with Crippen LogP contribution in [0.2, 0.25) is 0 Å². The molecule has 0 bridgehead atoms. The lowest BCUT2D eigenvalue weighted by Crippen LogP contribution is -2.71. The summed E-state index contributed by atoms with van der Waals surface area (Å²) in [5.41, 5.74) is 5.31. The minimum Gasteiger partial charge on any atom is -0.477 e. The maximum Gasteiger partial charge on any atom is 0.367 e. The zero-order valence-electron chi connectivity index (χ0n) is 14.6. The van der Waals surface area contributed by atoms with E-state index in [0.29, 0.717) is 0 Å². The summed E-state index contributed by atoms with van der Waals surface area (Å²) in [6.45, 7) is -2.81. The maximum atomic E-state index is 11.7. The summed E-state index contributed by atoms with van der Waals surface area (Å²) in [4.78, 5) is 11.7. The van der Waals surface area contributed by atoms with Gasteiger partial charge in [-0.3, -0.25) is 0 Å². The fraction of sp³-hybridized carbons (Fsp3) is 0.929. The Morgan fingerprint density at radius 3 is 2.07 bits per heavy atom. The molecule has 0 radical (unpaired) electrons. The van der Waals surface area contributed by atoms with Crippen molar-refractivity contribution in [3.05, 3.63) is 0 Å². The molecule has 0 aromatic rings. The largest absolute Gasteiger partial charge is 0.477 e. The van der Waals surface area contributed by atoms with Gasteiger partial charge in [-0.2, -0.15) is 0 Å². The van der Waals surface area contributed by atoms with Crippen molar-refractivity contribution >= 4 is 5.97 Å². The number of rotatable bonds is 10. The summed E-state index contributed by atoms with van der Waals surface area (Å²) >= 11 is 0. The van der Waals surface area contributed by atoms with Crippen molar-refractivity contribution in [1.82, 2.24) is 0 Å². The van der Waals surface area contributed by atoms with E-state index in [-0.39, 0.29) is 0 Å². The molecular formula is C14H27NO13. The van der Waals surface area contributed by atoms with Gasteiger partial charge in [-0.25, -0.2) is 4.79 Å². The Hall–Kier alpha value is -1.01. The van der Waals surface area contributed by atoms with Gasteiger partial charge in [-0.05, 0) is 0 Å². The zero-order chi connectivity index (χ0) is 21.8. The normalized spacial score (nSPS) is 36.4. The number of aliphatic hydroxyl groups excluding tert-OH is 9. The number of carbonyl (C=O) groups is 1. The predicted octanol–water partition coefficient (Wildman–Crippen LogP) is -6.98. The number of ether oxygens (including phenoxy) is 2. The Labute approximate surface area is 158 Å². The average molecular weight is 417 g/mol. The van der Waals surface area contributed by atoms with Gasteiger partial charge in [0.25, 0.3) is 5.79 Å².